The molecule has 0 atom stereocenters. The molecule has 1 aromatic rings. The minimum absolute atomic E-state index is 0.792. The Morgan fingerprint density at radius 1 is 1.06 bits per heavy atom. The van der Waals surface area contributed by atoms with Crippen LogP contribution in [0, 0.1) is 0 Å². The van der Waals surface area contributed by atoms with Gasteiger partial charge in [0.05, 0.1) is 12.2 Å². The number of hydrogen-bond donors (Lipinski definition) is 1. The van der Waals surface area contributed by atoms with Gasteiger partial charge in [0.25, 0.3) is 0 Å². The van der Waals surface area contributed by atoms with Crippen molar-refractivity contribution < 1.29 is 0 Å². The summed E-state index contributed by atoms with van der Waals surface area (Å²) in [5.41, 5.74) is 7.72. The molecule has 0 bridgehead atoms. The Kier molecular flexibility index (Phi) is 2.52. The largest absolute Gasteiger partial charge is 0.302 e. The lowest BCUT2D eigenvalue weighted by Gasteiger charge is -2.20. The van der Waals surface area contributed by atoms with Gasteiger partial charge in [0.1, 0.15) is 0 Å². The van der Waals surface area contributed by atoms with Gasteiger partial charge in [-0.1, -0.05) is 11.6 Å². The Balaban J connectivity index is 1.78. The van der Waals surface area contributed by atoms with Crippen LogP contribution in [0.4, 0.5) is 5.69 Å². The maximum atomic E-state index is 5.89. The van der Waals surface area contributed by atoms with Crippen molar-refractivity contribution in [1.29, 1.82) is 0 Å². The maximum Gasteiger partial charge on any atom is 0.0624 e. The Morgan fingerprint density at radius 2 is 1.81 bits per heavy atom. The van der Waals surface area contributed by atoms with Gasteiger partial charge in [-0.3, -0.25) is 5.01 Å². The van der Waals surface area contributed by atoms with E-state index in [1.807, 2.05) is 12.1 Å². The molecule has 1 aromatic carbocycles. The zero-order valence-electron chi connectivity index (χ0n) is 9.17. The fourth-order valence-electron chi connectivity index (χ4n) is 2.45. The van der Waals surface area contributed by atoms with E-state index in [1.165, 1.54) is 37.1 Å². The van der Waals surface area contributed by atoms with Crippen LogP contribution in [0.15, 0.2) is 35.5 Å². The Labute approximate surface area is 101 Å². The average molecular weight is 235 g/mol. The van der Waals surface area contributed by atoms with Crippen molar-refractivity contribution in [3.8, 4) is 0 Å². The van der Waals surface area contributed by atoms with E-state index in [-0.39, 0.29) is 0 Å². The van der Waals surface area contributed by atoms with Crippen molar-refractivity contribution in [3.63, 3.8) is 0 Å². The summed E-state index contributed by atoms with van der Waals surface area (Å²) in [6.07, 6.45) is 5.13. The molecule has 1 heterocycles. The highest BCUT2D eigenvalue weighted by atomic mass is 35.5. The second kappa shape index (κ2) is 4.02. The van der Waals surface area contributed by atoms with Crippen LogP contribution in [0.25, 0.3) is 0 Å². The number of rotatable bonds is 1. The second-order valence-electron chi connectivity index (χ2n) is 4.46. The van der Waals surface area contributed by atoms with E-state index < -0.39 is 0 Å². The molecule has 0 saturated heterocycles. The average Bonchev–Trinajstić information content (AvgIpc) is 2.73. The molecule has 3 heteroatoms. The first-order valence-corrected chi connectivity index (χ1v) is 6.21. The highest BCUT2D eigenvalue weighted by Gasteiger charge is 2.23. The third-order valence-electron chi connectivity index (χ3n) is 3.34. The molecular weight excluding hydrogens is 220 g/mol. The van der Waals surface area contributed by atoms with Crippen LogP contribution in [0.2, 0.25) is 5.02 Å². The number of nitrogens with one attached hydrogen (secondary N) is 1. The van der Waals surface area contributed by atoms with Crippen molar-refractivity contribution in [2.75, 3.05) is 11.6 Å². The predicted octanol–water partition coefficient (Wildman–Crippen LogP) is 3.49. The quantitative estimate of drug-likeness (QED) is 0.800. The summed E-state index contributed by atoms with van der Waals surface area (Å²) < 4.78 is 0. The lowest BCUT2D eigenvalue weighted by Crippen LogP contribution is -2.31. The standard InChI is InChI=1S/C13H15ClN2/c14-11-5-7-12(8-6-11)16-9-10-3-1-2-4-13(10)15-16/h5-8,15H,1-4,9H2. The van der Waals surface area contributed by atoms with Crippen LogP contribution >= 0.6 is 11.6 Å². The van der Waals surface area contributed by atoms with Crippen LogP contribution in [0.1, 0.15) is 25.7 Å². The van der Waals surface area contributed by atoms with Gasteiger partial charge in [-0.15, -0.1) is 0 Å². The van der Waals surface area contributed by atoms with Crippen LogP contribution < -0.4 is 10.4 Å². The molecule has 0 aromatic heterocycles. The van der Waals surface area contributed by atoms with Crippen molar-refractivity contribution in [2.45, 2.75) is 25.7 Å². The number of nitrogens with zero attached hydrogens (tertiary/aromatic N) is 1. The maximum absolute atomic E-state index is 5.89. The molecule has 3 rings (SSSR count). The minimum atomic E-state index is 0.792. The van der Waals surface area contributed by atoms with Crippen molar-refractivity contribution in [3.05, 3.63) is 40.6 Å². The van der Waals surface area contributed by atoms with E-state index in [4.69, 9.17) is 11.6 Å². The molecule has 16 heavy (non-hydrogen) atoms. The molecular formula is C13H15ClN2. The van der Waals surface area contributed by atoms with Crippen LogP contribution in [0.5, 0.6) is 0 Å². The molecule has 84 valence electrons. The number of halogens is 1. The number of allylic oxidation sites excluding steroid dienone is 1. The van der Waals surface area contributed by atoms with Gasteiger partial charge in [0, 0.05) is 10.7 Å². The van der Waals surface area contributed by atoms with Gasteiger partial charge >= 0.3 is 0 Å². The molecule has 0 unspecified atom stereocenters. The molecule has 0 radical (unpaired) electrons. The van der Waals surface area contributed by atoms with Crippen molar-refractivity contribution in [2.24, 2.45) is 0 Å². The Morgan fingerprint density at radius 3 is 2.56 bits per heavy atom. The summed E-state index contributed by atoms with van der Waals surface area (Å²) in [7, 11) is 0. The molecule has 1 aliphatic heterocycles. The number of hydrazine groups is 1. The Bertz CT molecular complexity index is 404. The summed E-state index contributed by atoms with van der Waals surface area (Å²) in [6, 6.07) is 8.01. The third-order valence-corrected chi connectivity index (χ3v) is 3.59. The fraction of sp³-hybridized carbons (Fsp3) is 0.385. The molecule has 2 nitrogen and oxygen atoms in total. The number of anilines is 1. The molecule has 1 aliphatic carbocycles. The highest BCUT2D eigenvalue weighted by molar-refractivity contribution is 6.30. The van der Waals surface area contributed by atoms with E-state index in [1.54, 1.807) is 5.57 Å². The van der Waals surface area contributed by atoms with E-state index in [2.05, 4.69) is 22.6 Å². The van der Waals surface area contributed by atoms with Crippen molar-refractivity contribution >= 4 is 17.3 Å². The highest BCUT2D eigenvalue weighted by Crippen LogP contribution is 2.30. The predicted molar refractivity (Wildman–Crippen MR) is 67.4 cm³/mol. The molecule has 0 amide bonds. The SMILES string of the molecule is Clc1ccc(N2CC3=C(CCCC3)N2)cc1. The molecule has 0 spiro atoms. The van der Waals surface area contributed by atoms with Crippen LogP contribution in [-0.2, 0) is 0 Å². The Hall–Kier alpha value is -1.15. The van der Waals surface area contributed by atoms with Gasteiger partial charge < -0.3 is 5.43 Å². The molecule has 1 N–H and O–H groups in total. The first-order valence-electron chi connectivity index (χ1n) is 5.83. The van der Waals surface area contributed by atoms with E-state index in [0.29, 0.717) is 0 Å². The molecule has 0 saturated carbocycles. The summed E-state index contributed by atoms with van der Waals surface area (Å²) in [6.45, 7) is 1.02. The van der Waals surface area contributed by atoms with Crippen LogP contribution in [0.3, 0.4) is 0 Å². The zero-order valence-corrected chi connectivity index (χ0v) is 9.93. The topological polar surface area (TPSA) is 15.3 Å². The van der Waals surface area contributed by atoms with E-state index in [0.717, 1.165) is 11.6 Å². The van der Waals surface area contributed by atoms with E-state index in [9.17, 15) is 0 Å². The minimum Gasteiger partial charge on any atom is -0.302 e. The van der Waals surface area contributed by atoms with Gasteiger partial charge in [-0.05, 0) is 55.5 Å². The lowest BCUT2D eigenvalue weighted by molar-refractivity contribution is 0.659. The second-order valence-corrected chi connectivity index (χ2v) is 4.90. The van der Waals surface area contributed by atoms with Crippen LogP contribution in [-0.4, -0.2) is 6.54 Å². The van der Waals surface area contributed by atoms with Gasteiger partial charge in [0.15, 0.2) is 0 Å². The lowest BCUT2D eigenvalue weighted by atomic mass is 9.98. The molecule has 0 fully saturated rings. The third kappa shape index (κ3) is 1.78. The monoisotopic (exact) mass is 234 g/mol. The first kappa shape index (κ1) is 10.0. The van der Waals surface area contributed by atoms with E-state index >= 15 is 0 Å². The summed E-state index contributed by atoms with van der Waals surface area (Å²) in [5, 5.41) is 3.01. The van der Waals surface area contributed by atoms with Gasteiger partial charge in [-0.2, -0.15) is 0 Å². The first-order chi connectivity index (χ1) is 7.83. The summed E-state index contributed by atoms with van der Waals surface area (Å²) in [5.74, 6) is 0. The fourth-order valence-corrected chi connectivity index (χ4v) is 2.57. The summed E-state index contributed by atoms with van der Waals surface area (Å²) in [4.78, 5) is 0. The zero-order chi connectivity index (χ0) is 11.0. The van der Waals surface area contributed by atoms with Gasteiger partial charge in [0.2, 0.25) is 0 Å². The molecule has 2 aliphatic rings. The van der Waals surface area contributed by atoms with Crippen molar-refractivity contribution in [1.82, 2.24) is 5.43 Å². The normalized spacial score (nSPS) is 19.7. The summed E-state index contributed by atoms with van der Waals surface area (Å²) >= 11 is 5.89. The number of benzene rings is 1. The van der Waals surface area contributed by atoms with Gasteiger partial charge in [-0.25, -0.2) is 0 Å². The number of hydrogen-bond acceptors (Lipinski definition) is 2. The smallest absolute Gasteiger partial charge is 0.0624 e.